The zero-order chi connectivity index (χ0) is 28.3. The van der Waals surface area contributed by atoms with E-state index >= 15 is 0 Å². The Balaban J connectivity index is 1.83. The van der Waals surface area contributed by atoms with Crippen LogP contribution >= 0.6 is 11.3 Å². The molecule has 0 saturated carbocycles. The number of unbranched alkanes of at least 4 members (excludes halogenated alkanes) is 1. The molecule has 0 spiro atoms. The normalized spacial score (nSPS) is 16.5. The van der Waals surface area contributed by atoms with Crippen molar-refractivity contribution in [2.75, 3.05) is 18.1 Å². The summed E-state index contributed by atoms with van der Waals surface area (Å²) < 4.78 is 11.0. The molecule has 2 heterocycles. The standard InChI is InChI=1S/C30H32N2O6S/c1-6-8-15-38-22-14-13-21(16-18(22)4)25(33)23-24(20-11-9-17(3)10-12-20)32(28(35)26(23)34)30-31-19(5)27(39-30)29(36)37-7-2/h9-14,16,24,33H,6-8,15H2,1-5H3/b25-23+/t24-/m1/s1. The summed E-state index contributed by atoms with van der Waals surface area (Å²) in [7, 11) is 0. The first-order valence-electron chi connectivity index (χ1n) is 12.9. The summed E-state index contributed by atoms with van der Waals surface area (Å²) in [5, 5.41) is 11.6. The molecule has 3 aromatic rings. The molecule has 1 aliphatic rings. The van der Waals surface area contributed by atoms with Gasteiger partial charge in [0, 0.05) is 5.56 Å². The summed E-state index contributed by atoms with van der Waals surface area (Å²) in [6.45, 7) is 10.0. The van der Waals surface area contributed by atoms with Crippen LogP contribution in [0.1, 0.15) is 70.4 Å². The van der Waals surface area contributed by atoms with E-state index in [9.17, 15) is 19.5 Å². The Bertz CT molecular complexity index is 1440. The molecule has 4 rings (SSSR count). The van der Waals surface area contributed by atoms with Crippen LogP contribution in [0.25, 0.3) is 5.76 Å². The second-order valence-corrected chi connectivity index (χ2v) is 10.4. The number of thiazole rings is 1. The summed E-state index contributed by atoms with van der Waals surface area (Å²) in [6.07, 6.45) is 1.94. The maximum atomic E-state index is 13.5. The zero-order valence-electron chi connectivity index (χ0n) is 22.7. The van der Waals surface area contributed by atoms with Crippen LogP contribution in [0, 0.1) is 20.8 Å². The number of aromatic nitrogens is 1. The minimum absolute atomic E-state index is 0.0477. The summed E-state index contributed by atoms with van der Waals surface area (Å²) >= 11 is 0.982. The number of benzene rings is 2. The molecule has 1 aliphatic heterocycles. The minimum Gasteiger partial charge on any atom is -0.507 e. The third-order valence-electron chi connectivity index (χ3n) is 6.49. The van der Waals surface area contributed by atoms with Gasteiger partial charge in [-0.1, -0.05) is 54.5 Å². The first-order valence-corrected chi connectivity index (χ1v) is 13.7. The molecule has 1 N–H and O–H groups in total. The smallest absolute Gasteiger partial charge is 0.350 e. The molecular weight excluding hydrogens is 516 g/mol. The maximum absolute atomic E-state index is 13.5. The van der Waals surface area contributed by atoms with Crippen LogP contribution in [-0.2, 0) is 14.3 Å². The number of esters is 1. The van der Waals surface area contributed by atoms with E-state index in [0.29, 0.717) is 29.2 Å². The maximum Gasteiger partial charge on any atom is 0.350 e. The number of nitrogens with zero attached hydrogens (tertiary/aromatic N) is 2. The molecule has 1 amide bonds. The number of hydrogen-bond acceptors (Lipinski definition) is 8. The number of carbonyl (C=O) groups excluding carboxylic acids is 3. The molecule has 204 valence electrons. The van der Waals surface area contributed by atoms with Crippen LogP contribution in [0.2, 0.25) is 0 Å². The third kappa shape index (κ3) is 5.59. The van der Waals surface area contributed by atoms with Crippen molar-refractivity contribution in [3.8, 4) is 5.75 Å². The van der Waals surface area contributed by atoms with Crippen molar-refractivity contribution >= 4 is 39.9 Å². The van der Waals surface area contributed by atoms with Crippen LogP contribution in [-0.4, -0.2) is 41.0 Å². The molecule has 0 unspecified atom stereocenters. The summed E-state index contributed by atoms with van der Waals surface area (Å²) in [5.74, 6) is -1.80. The van der Waals surface area contributed by atoms with Crippen LogP contribution in [0.15, 0.2) is 48.0 Å². The molecule has 1 aromatic heterocycles. The van der Waals surface area contributed by atoms with Crippen LogP contribution in [0.4, 0.5) is 5.13 Å². The quantitative estimate of drug-likeness (QED) is 0.114. The fourth-order valence-electron chi connectivity index (χ4n) is 4.41. The molecule has 9 heteroatoms. The number of aliphatic hydroxyl groups is 1. The van der Waals surface area contributed by atoms with Crippen LogP contribution in [0.5, 0.6) is 5.75 Å². The van der Waals surface area contributed by atoms with Crippen LogP contribution in [0.3, 0.4) is 0 Å². The Morgan fingerprint density at radius 1 is 1.08 bits per heavy atom. The second-order valence-electron chi connectivity index (χ2n) is 9.39. The van der Waals surface area contributed by atoms with E-state index in [0.717, 1.165) is 35.3 Å². The Hall–Kier alpha value is -3.98. The molecule has 0 radical (unpaired) electrons. The van der Waals surface area contributed by atoms with Crippen molar-refractivity contribution in [1.82, 2.24) is 4.98 Å². The van der Waals surface area contributed by atoms with E-state index in [1.54, 1.807) is 32.0 Å². The van der Waals surface area contributed by atoms with Gasteiger partial charge in [0.15, 0.2) is 5.13 Å². The fraction of sp³-hybridized carbons (Fsp3) is 0.333. The highest BCUT2D eigenvalue weighted by molar-refractivity contribution is 7.17. The van der Waals surface area contributed by atoms with Crippen molar-refractivity contribution in [1.29, 1.82) is 0 Å². The van der Waals surface area contributed by atoms with Crippen molar-refractivity contribution in [3.05, 3.63) is 80.9 Å². The molecule has 1 atom stereocenters. The van der Waals surface area contributed by atoms with Gasteiger partial charge in [0.1, 0.15) is 16.4 Å². The van der Waals surface area contributed by atoms with E-state index < -0.39 is 23.7 Å². The Kier molecular flexibility index (Phi) is 8.50. The first-order chi connectivity index (χ1) is 18.7. The zero-order valence-corrected chi connectivity index (χ0v) is 23.6. The number of aliphatic hydroxyl groups excluding tert-OH is 1. The number of hydrogen-bond donors (Lipinski definition) is 1. The van der Waals surface area contributed by atoms with E-state index in [-0.39, 0.29) is 27.9 Å². The second kappa shape index (κ2) is 11.8. The monoisotopic (exact) mass is 548 g/mol. The van der Waals surface area contributed by atoms with Crippen molar-refractivity contribution < 1.29 is 29.0 Å². The van der Waals surface area contributed by atoms with Crippen molar-refractivity contribution in [3.63, 3.8) is 0 Å². The highest BCUT2D eigenvalue weighted by atomic mass is 32.1. The van der Waals surface area contributed by atoms with Crippen molar-refractivity contribution in [2.45, 2.75) is 53.5 Å². The number of carbonyl (C=O) groups is 3. The first kappa shape index (κ1) is 28.0. The fourth-order valence-corrected chi connectivity index (χ4v) is 5.39. The summed E-state index contributed by atoms with van der Waals surface area (Å²) in [4.78, 5) is 45.3. The number of aryl methyl sites for hydroxylation is 3. The topological polar surface area (TPSA) is 106 Å². The van der Waals surface area contributed by atoms with Gasteiger partial charge in [0.25, 0.3) is 5.78 Å². The van der Waals surface area contributed by atoms with Gasteiger partial charge in [-0.15, -0.1) is 0 Å². The summed E-state index contributed by atoms with van der Waals surface area (Å²) in [5.41, 5.74) is 3.17. The van der Waals surface area contributed by atoms with Crippen LogP contribution < -0.4 is 9.64 Å². The Morgan fingerprint density at radius 3 is 2.44 bits per heavy atom. The lowest BCUT2D eigenvalue weighted by atomic mass is 9.94. The molecule has 2 aromatic carbocycles. The van der Waals surface area contributed by atoms with E-state index in [2.05, 4.69) is 11.9 Å². The minimum atomic E-state index is -0.938. The molecule has 8 nitrogen and oxygen atoms in total. The number of ether oxygens (including phenoxy) is 2. The molecule has 0 bridgehead atoms. The number of ketones is 1. The van der Waals surface area contributed by atoms with E-state index in [4.69, 9.17) is 9.47 Å². The van der Waals surface area contributed by atoms with Gasteiger partial charge in [-0.05, 0) is 63.4 Å². The van der Waals surface area contributed by atoms with Gasteiger partial charge in [0.2, 0.25) is 0 Å². The molecule has 39 heavy (non-hydrogen) atoms. The van der Waals surface area contributed by atoms with E-state index in [1.807, 2.05) is 38.1 Å². The van der Waals surface area contributed by atoms with Gasteiger partial charge in [-0.2, -0.15) is 0 Å². The van der Waals surface area contributed by atoms with Gasteiger partial charge in [-0.3, -0.25) is 14.5 Å². The highest BCUT2D eigenvalue weighted by Crippen LogP contribution is 2.44. The number of rotatable bonds is 9. The van der Waals surface area contributed by atoms with E-state index in [1.165, 1.54) is 4.90 Å². The van der Waals surface area contributed by atoms with Crippen molar-refractivity contribution in [2.24, 2.45) is 0 Å². The third-order valence-corrected chi connectivity index (χ3v) is 7.63. The lowest BCUT2D eigenvalue weighted by Gasteiger charge is -2.23. The highest BCUT2D eigenvalue weighted by Gasteiger charge is 2.48. The number of anilines is 1. The van der Waals surface area contributed by atoms with Gasteiger partial charge in [-0.25, -0.2) is 9.78 Å². The largest absolute Gasteiger partial charge is 0.507 e. The predicted molar refractivity (Wildman–Crippen MR) is 150 cm³/mol. The SMILES string of the molecule is CCCCOc1ccc(/C(O)=C2\C(=O)C(=O)N(c3nc(C)c(C(=O)OCC)s3)[C@@H]2c2ccc(C)cc2)cc1C. The van der Waals surface area contributed by atoms with Gasteiger partial charge < -0.3 is 14.6 Å². The van der Waals surface area contributed by atoms with Gasteiger partial charge in [0.05, 0.1) is 30.5 Å². The molecule has 1 fully saturated rings. The predicted octanol–water partition coefficient (Wildman–Crippen LogP) is 6.05. The number of amides is 1. The molecule has 1 saturated heterocycles. The number of Topliss-reactive ketones (excluding diaryl/α,β-unsaturated/α-hetero) is 1. The average molecular weight is 549 g/mol. The summed E-state index contributed by atoms with van der Waals surface area (Å²) in [6, 6.07) is 11.6. The lowest BCUT2D eigenvalue weighted by Crippen LogP contribution is -2.29. The Labute approximate surface area is 231 Å². The average Bonchev–Trinajstić information content (AvgIpc) is 3.42. The molecule has 0 aliphatic carbocycles. The Morgan fingerprint density at radius 2 is 1.79 bits per heavy atom. The molecular formula is C30H32N2O6S. The lowest BCUT2D eigenvalue weighted by molar-refractivity contribution is -0.132. The van der Waals surface area contributed by atoms with Gasteiger partial charge >= 0.3 is 11.9 Å².